The lowest BCUT2D eigenvalue weighted by atomic mass is 10.2. The molecule has 3 nitrogen and oxygen atoms in total. The minimum Gasteiger partial charge on any atom is -0.479 e. The summed E-state index contributed by atoms with van der Waals surface area (Å²) in [5, 5.41) is 4.20. The van der Waals surface area contributed by atoms with Crippen LogP contribution in [0.2, 0.25) is 0 Å². The maximum atomic E-state index is 13.2. The second-order valence-electron chi connectivity index (χ2n) is 4.65. The van der Waals surface area contributed by atoms with Crippen molar-refractivity contribution < 1.29 is 9.13 Å². The third-order valence-corrected chi connectivity index (χ3v) is 4.40. The van der Waals surface area contributed by atoms with E-state index in [1.54, 1.807) is 17.4 Å². The highest BCUT2D eigenvalue weighted by molar-refractivity contribution is 7.18. The largest absolute Gasteiger partial charge is 0.479 e. The predicted octanol–water partition coefficient (Wildman–Crippen LogP) is 3.98. The van der Waals surface area contributed by atoms with E-state index in [9.17, 15) is 4.39 Å². The lowest BCUT2D eigenvalue weighted by Crippen LogP contribution is -2.23. The molecule has 0 saturated heterocycles. The number of halogens is 1. The zero-order valence-electron chi connectivity index (χ0n) is 10.5. The Bertz CT molecular complexity index is 786. The monoisotopic (exact) mass is 286 g/mol. The van der Waals surface area contributed by atoms with Crippen molar-refractivity contribution in [1.82, 2.24) is 4.98 Å². The summed E-state index contributed by atoms with van der Waals surface area (Å²) in [5.41, 5.74) is 1.68. The summed E-state index contributed by atoms with van der Waals surface area (Å²) in [4.78, 5) is 4.48. The first-order valence-electron chi connectivity index (χ1n) is 6.35. The highest BCUT2D eigenvalue weighted by Gasteiger charge is 2.23. The Hall–Kier alpha value is -2.14. The molecule has 2 aromatic carbocycles. The van der Waals surface area contributed by atoms with E-state index in [1.165, 1.54) is 12.1 Å². The van der Waals surface area contributed by atoms with Crippen LogP contribution in [0.3, 0.4) is 0 Å². The Morgan fingerprint density at radius 2 is 2.15 bits per heavy atom. The zero-order chi connectivity index (χ0) is 13.5. The predicted molar refractivity (Wildman–Crippen MR) is 77.9 cm³/mol. The van der Waals surface area contributed by atoms with E-state index in [0.717, 1.165) is 21.1 Å². The van der Waals surface area contributed by atoms with E-state index in [2.05, 4.69) is 10.3 Å². The molecule has 0 radical (unpaired) electrons. The lowest BCUT2D eigenvalue weighted by Gasteiger charge is -2.25. The summed E-state index contributed by atoms with van der Waals surface area (Å²) < 4.78 is 20.2. The molecule has 20 heavy (non-hydrogen) atoms. The summed E-state index contributed by atoms with van der Waals surface area (Å²) in [6.45, 7) is 0.666. The molecule has 0 aliphatic carbocycles. The first-order valence-corrected chi connectivity index (χ1v) is 7.17. The molecule has 1 aromatic heterocycles. The van der Waals surface area contributed by atoms with Gasteiger partial charge in [-0.15, -0.1) is 11.3 Å². The van der Waals surface area contributed by atoms with Gasteiger partial charge in [0.1, 0.15) is 16.6 Å². The number of nitrogens with one attached hydrogen (secondary N) is 1. The first kappa shape index (κ1) is 11.7. The molecule has 1 unspecified atom stereocenters. The van der Waals surface area contributed by atoms with Crippen molar-refractivity contribution in [2.45, 2.75) is 6.10 Å². The van der Waals surface area contributed by atoms with Gasteiger partial charge in [0.15, 0.2) is 6.10 Å². The average molecular weight is 286 g/mol. The molecule has 1 aliphatic heterocycles. The molecule has 0 saturated carbocycles. The number of thiazole rings is 1. The van der Waals surface area contributed by atoms with Crippen LogP contribution in [0.5, 0.6) is 5.75 Å². The molecular formula is C15H11FN2OS. The van der Waals surface area contributed by atoms with Gasteiger partial charge in [0.05, 0.1) is 22.4 Å². The Balaban J connectivity index is 1.70. The smallest absolute Gasteiger partial charge is 0.167 e. The number of ether oxygens (including phenoxy) is 1. The van der Waals surface area contributed by atoms with Gasteiger partial charge in [0, 0.05) is 6.07 Å². The molecule has 1 N–H and O–H groups in total. The quantitative estimate of drug-likeness (QED) is 0.734. The second kappa shape index (κ2) is 4.45. The Kier molecular flexibility index (Phi) is 2.60. The molecule has 100 valence electrons. The van der Waals surface area contributed by atoms with Crippen molar-refractivity contribution in [3.63, 3.8) is 0 Å². The highest BCUT2D eigenvalue weighted by atomic mass is 32.1. The lowest BCUT2D eigenvalue weighted by molar-refractivity contribution is 0.210. The van der Waals surface area contributed by atoms with Crippen LogP contribution in [-0.4, -0.2) is 11.5 Å². The molecule has 5 heteroatoms. The third-order valence-electron chi connectivity index (χ3n) is 3.28. The summed E-state index contributed by atoms with van der Waals surface area (Å²) in [5.74, 6) is 0.566. The average Bonchev–Trinajstić information content (AvgIpc) is 2.89. The maximum Gasteiger partial charge on any atom is 0.167 e. The van der Waals surface area contributed by atoms with Crippen molar-refractivity contribution >= 4 is 27.2 Å². The van der Waals surface area contributed by atoms with E-state index in [-0.39, 0.29) is 11.9 Å². The summed E-state index contributed by atoms with van der Waals surface area (Å²) in [6.07, 6.45) is -0.134. The van der Waals surface area contributed by atoms with Gasteiger partial charge in [-0.25, -0.2) is 9.37 Å². The fraction of sp³-hybridized carbons (Fsp3) is 0.133. The fourth-order valence-electron chi connectivity index (χ4n) is 2.31. The van der Waals surface area contributed by atoms with Gasteiger partial charge in [-0.05, 0) is 24.3 Å². The van der Waals surface area contributed by atoms with E-state index >= 15 is 0 Å². The van der Waals surface area contributed by atoms with Gasteiger partial charge in [0.25, 0.3) is 0 Å². The van der Waals surface area contributed by atoms with Crippen LogP contribution in [0.15, 0.2) is 42.5 Å². The van der Waals surface area contributed by atoms with Crippen LogP contribution in [0.4, 0.5) is 10.1 Å². The normalized spacial score (nSPS) is 17.4. The van der Waals surface area contributed by atoms with Crippen LogP contribution in [0.25, 0.3) is 10.2 Å². The fourth-order valence-corrected chi connectivity index (χ4v) is 3.28. The number of hydrogen-bond donors (Lipinski definition) is 1. The first-order chi connectivity index (χ1) is 9.79. The van der Waals surface area contributed by atoms with Gasteiger partial charge in [-0.3, -0.25) is 0 Å². The number of anilines is 1. The Labute approximate surface area is 119 Å². The van der Waals surface area contributed by atoms with Gasteiger partial charge in [-0.2, -0.15) is 0 Å². The topological polar surface area (TPSA) is 34.1 Å². The van der Waals surface area contributed by atoms with Gasteiger partial charge in [0.2, 0.25) is 0 Å². The molecule has 0 spiro atoms. The number of aromatic nitrogens is 1. The number of para-hydroxylation sites is 2. The highest BCUT2D eigenvalue weighted by Crippen LogP contribution is 2.36. The molecule has 3 aromatic rings. The number of benzene rings is 2. The van der Waals surface area contributed by atoms with E-state index < -0.39 is 0 Å². The van der Waals surface area contributed by atoms with Crippen LogP contribution in [0, 0.1) is 5.82 Å². The third kappa shape index (κ3) is 1.91. The van der Waals surface area contributed by atoms with E-state index in [4.69, 9.17) is 4.74 Å². The Morgan fingerprint density at radius 1 is 1.25 bits per heavy atom. The van der Waals surface area contributed by atoms with Crippen molar-refractivity contribution in [2.75, 3.05) is 11.9 Å². The molecule has 0 bridgehead atoms. The Morgan fingerprint density at radius 3 is 3.10 bits per heavy atom. The van der Waals surface area contributed by atoms with Gasteiger partial charge >= 0.3 is 0 Å². The molecule has 2 heterocycles. The van der Waals surface area contributed by atoms with E-state index in [0.29, 0.717) is 12.1 Å². The number of nitrogens with zero attached hydrogens (tertiary/aromatic N) is 1. The summed E-state index contributed by atoms with van der Waals surface area (Å²) in [7, 11) is 0. The van der Waals surface area contributed by atoms with Crippen molar-refractivity contribution in [2.24, 2.45) is 0 Å². The second-order valence-corrected chi connectivity index (χ2v) is 5.71. The molecule has 1 aliphatic rings. The maximum absolute atomic E-state index is 13.2. The van der Waals surface area contributed by atoms with E-state index in [1.807, 2.05) is 24.3 Å². The minimum absolute atomic E-state index is 0.134. The van der Waals surface area contributed by atoms with Crippen molar-refractivity contribution in [1.29, 1.82) is 0 Å². The van der Waals surface area contributed by atoms with Crippen LogP contribution in [0.1, 0.15) is 11.1 Å². The molecule has 1 atom stereocenters. The zero-order valence-corrected chi connectivity index (χ0v) is 11.3. The number of hydrogen-bond acceptors (Lipinski definition) is 4. The van der Waals surface area contributed by atoms with Gasteiger partial charge < -0.3 is 10.1 Å². The van der Waals surface area contributed by atoms with Crippen LogP contribution in [-0.2, 0) is 0 Å². The molecule has 0 amide bonds. The van der Waals surface area contributed by atoms with Gasteiger partial charge in [-0.1, -0.05) is 12.1 Å². The van der Waals surface area contributed by atoms with Crippen molar-refractivity contribution in [3.05, 3.63) is 53.3 Å². The van der Waals surface area contributed by atoms with Crippen LogP contribution < -0.4 is 10.1 Å². The summed E-state index contributed by atoms with van der Waals surface area (Å²) >= 11 is 1.54. The molecular weight excluding hydrogens is 275 g/mol. The van der Waals surface area contributed by atoms with Crippen LogP contribution >= 0.6 is 11.3 Å². The minimum atomic E-state index is -0.262. The summed E-state index contributed by atoms with van der Waals surface area (Å²) in [6, 6.07) is 12.5. The molecule has 0 fully saturated rings. The van der Waals surface area contributed by atoms with Crippen molar-refractivity contribution in [3.8, 4) is 5.75 Å². The number of rotatable bonds is 1. The molecule has 4 rings (SSSR count). The number of fused-ring (bicyclic) bond motifs is 2. The SMILES string of the molecule is Fc1ccc2sc(C3CNc4ccccc4O3)nc2c1. The standard InChI is InChI=1S/C15H11FN2OS/c16-9-5-6-14-11(7-9)18-15(20-14)13-8-17-10-3-1-2-4-12(10)19-13/h1-7,13,17H,8H2.